The van der Waals surface area contributed by atoms with Crippen molar-refractivity contribution in [2.75, 3.05) is 0 Å². The standard InChI is InChI=1S/C29H33NO9/c1-13-15-8-5-9-17(31)21(15)24(34)23-20(13)25(39-19(33)11-10-14-6-3-2-4-7-14)16-12-18(32)22(28(30)37)26(35)29(16,38)27(23)36/h5,8-9,13-14,16,20,25,31,34-35,38H,2-4,6-7,10-12H2,1H3,(H2,30,37)/t13-,16+,20+,25+,29+/m0/s1. The van der Waals surface area contributed by atoms with Gasteiger partial charge in [0.15, 0.2) is 11.4 Å². The van der Waals surface area contributed by atoms with Crippen molar-refractivity contribution in [3.63, 3.8) is 0 Å². The Morgan fingerprint density at radius 3 is 2.46 bits per heavy atom. The van der Waals surface area contributed by atoms with E-state index in [1.807, 2.05) is 0 Å². The minimum atomic E-state index is -2.85. The topological polar surface area (TPSA) is 184 Å². The molecule has 1 amide bonds. The summed E-state index contributed by atoms with van der Waals surface area (Å²) in [6.07, 6.45) is 4.24. The summed E-state index contributed by atoms with van der Waals surface area (Å²) < 4.78 is 5.93. The first-order chi connectivity index (χ1) is 18.5. The number of esters is 1. The van der Waals surface area contributed by atoms with Gasteiger partial charge in [-0.3, -0.25) is 19.2 Å². The highest BCUT2D eigenvalue weighted by atomic mass is 16.5. The summed E-state index contributed by atoms with van der Waals surface area (Å²) >= 11 is 0. The Hall–Kier alpha value is -3.66. The summed E-state index contributed by atoms with van der Waals surface area (Å²) in [6, 6.07) is 4.57. The Kier molecular flexibility index (Phi) is 6.78. The summed E-state index contributed by atoms with van der Waals surface area (Å²) in [5, 5.41) is 44.4. The lowest BCUT2D eigenvalue weighted by Crippen LogP contribution is -2.64. The van der Waals surface area contributed by atoms with Crippen molar-refractivity contribution in [2.24, 2.45) is 23.5 Å². The molecular formula is C29H33NO9. The van der Waals surface area contributed by atoms with Crippen LogP contribution in [0.5, 0.6) is 5.75 Å². The molecule has 0 saturated heterocycles. The normalized spacial score (nSPS) is 30.9. The number of aliphatic hydroxyl groups excluding tert-OH is 2. The molecule has 5 rings (SSSR count). The molecule has 39 heavy (non-hydrogen) atoms. The number of aromatic hydroxyl groups is 1. The molecule has 0 bridgehead atoms. The van der Waals surface area contributed by atoms with Gasteiger partial charge in [-0.25, -0.2) is 0 Å². The first-order valence-electron chi connectivity index (χ1n) is 13.5. The highest BCUT2D eigenvalue weighted by molar-refractivity contribution is 6.23. The molecule has 0 spiro atoms. The van der Waals surface area contributed by atoms with Crippen molar-refractivity contribution in [3.8, 4) is 5.75 Å². The number of primary amides is 1. The predicted molar refractivity (Wildman–Crippen MR) is 137 cm³/mol. The molecular weight excluding hydrogens is 506 g/mol. The zero-order chi connectivity index (χ0) is 28.2. The van der Waals surface area contributed by atoms with Crippen molar-refractivity contribution in [1.29, 1.82) is 0 Å². The van der Waals surface area contributed by atoms with Gasteiger partial charge in [0.25, 0.3) is 5.91 Å². The van der Waals surface area contributed by atoms with Crippen LogP contribution in [0.15, 0.2) is 35.1 Å². The number of carbonyl (C=O) groups excluding carboxylic acids is 4. The lowest BCUT2D eigenvalue weighted by molar-refractivity contribution is -0.178. The number of phenols is 1. The Morgan fingerprint density at radius 1 is 1.10 bits per heavy atom. The Labute approximate surface area is 225 Å². The number of hydrogen-bond acceptors (Lipinski definition) is 9. The Bertz CT molecular complexity index is 1320. The molecule has 10 heteroatoms. The van der Waals surface area contributed by atoms with Crippen LogP contribution in [0, 0.1) is 17.8 Å². The maximum absolute atomic E-state index is 13.9. The fourth-order valence-electron chi connectivity index (χ4n) is 7.09. The highest BCUT2D eigenvalue weighted by Crippen LogP contribution is 2.56. The van der Waals surface area contributed by atoms with E-state index in [0.717, 1.165) is 25.7 Å². The van der Waals surface area contributed by atoms with Crippen LogP contribution in [0.3, 0.4) is 0 Å². The van der Waals surface area contributed by atoms with E-state index in [-0.39, 0.29) is 23.3 Å². The molecule has 0 aromatic heterocycles. The molecule has 0 radical (unpaired) electrons. The third-order valence-electron chi connectivity index (χ3n) is 9.08. The molecule has 0 unspecified atom stereocenters. The molecule has 10 nitrogen and oxygen atoms in total. The first kappa shape index (κ1) is 26.9. The molecule has 4 aliphatic rings. The van der Waals surface area contributed by atoms with Crippen molar-refractivity contribution in [1.82, 2.24) is 0 Å². The Morgan fingerprint density at radius 2 is 1.79 bits per heavy atom. The van der Waals surface area contributed by atoms with Crippen LogP contribution < -0.4 is 5.73 Å². The molecule has 5 atom stereocenters. The van der Waals surface area contributed by atoms with E-state index in [1.165, 1.54) is 12.5 Å². The number of Topliss-reactive ketones (excluding diaryl/α,β-unsaturated/α-hetero) is 2. The number of amides is 1. The van der Waals surface area contributed by atoms with E-state index in [0.29, 0.717) is 17.9 Å². The highest BCUT2D eigenvalue weighted by Gasteiger charge is 2.66. The molecule has 0 heterocycles. The summed E-state index contributed by atoms with van der Waals surface area (Å²) in [5.74, 6) is -8.73. The van der Waals surface area contributed by atoms with Crippen molar-refractivity contribution in [2.45, 2.75) is 75.9 Å². The summed E-state index contributed by atoms with van der Waals surface area (Å²) in [6.45, 7) is 1.73. The van der Waals surface area contributed by atoms with E-state index in [2.05, 4.69) is 0 Å². The van der Waals surface area contributed by atoms with Gasteiger partial charge < -0.3 is 30.9 Å². The molecule has 2 saturated carbocycles. The number of hydrogen-bond donors (Lipinski definition) is 5. The molecule has 1 aromatic rings. The minimum absolute atomic E-state index is 0.0143. The molecule has 4 aliphatic carbocycles. The van der Waals surface area contributed by atoms with Crippen LogP contribution in [0.2, 0.25) is 0 Å². The number of carbonyl (C=O) groups is 4. The maximum atomic E-state index is 13.9. The second kappa shape index (κ2) is 9.82. The van der Waals surface area contributed by atoms with Gasteiger partial charge in [-0.15, -0.1) is 0 Å². The number of aliphatic hydroxyl groups is 3. The monoisotopic (exact) mass is 539 g/mol. The lowest BCUT2D eigenvalue weighted by atomic mass is 9.55. The SMILES string of the molecule is C[C@H]1c2cccc(O)c2C(O)=C2C(=O)[C@]3(O)C(O)=C(C(N)=O)C(=O)C[C@@H]3[C@@H](OC(=O)CCC3CCCCC3)[C@@H]21. The fraction of sp³-hybridized carbons (Fsp3) is 0.517. The zero-order valence-corrected chi connectivity index (χ0v) is 21.7. The first-order valence-corrected chi connectivity index (χ1v) is 13.5. The van der Waals surface area contributed by atoms with Gasteiger partial charge in [-0.1, -0.05) is 51.2 Å². The van der Waals surface area contributed by atoms with Gasteiger partial charge in [0.2, 0.25) is 5.78 Å². The maximum Gasteiger partial charge on any atom is 0.306 e. The van der Waals surface area contributed by atoms with Crippen LogP contribution >= 0.6 is 0 Å². The third kappa shape index (κ3) is 4.12. The van der Waals surface area contributed by atoms with E-state index in [9.17, 15) is 39.6 Å². The van der Waals surface area contributed by atoms with Crippen molar-refractivity contribution in [3.05, 3.63) is 46.2 Å². The van der Waals surface area contributed by atoms with Gasteiger partial charge in [0, 0.05) is 30.3 Å². The number of fused-ring (bicyclic) bond motifs is 3. The number of benzene rings is 1. The minimum Gasteiger partial charge on any atom is -0.508 e. The summed E-state index contributed by atoms with van der Waals surface area (Å²) in [5.41, 5.74) is 1.64. The largest absolute Gasteiger partial charge is 0.508 e. The third-order valence-corrected chi connectivity index (χ3v) is 9.08. The quantitative estimate of drug-likeness (QED) is 0.277. The van der Waals surface area contributed by atoms with E-state index in [1.54, 1.807) is 19.1 Å². The lowest BCUT2D eigenvalue weighted by Gasteiger charge is -2.51. The Balaban J connectivity index is 1.61. The molecule has 2 fully saturated rings. The summed E-state index contributed by atoms with van der Waals surface area (Å²) in [7, 11) is 0. The molecule has 6 N–H and O–H groups in total. The number of nitrogens with two attached hydrogens (primary N) is 1. The van der Waals surface area contributed by atoms with E-state index < -0.39 is 76.4 Å². The van der Waals surface area contributed by atoms with E-state index >= 15 is 0 Å². The molecule has 1 aromatic carbocycles. The van der Waals surface area contributed by atoms with Gasteiger partial charge >= 0.3 is 5.97 Å². The number of ether oxygens (including phenoxy) is 1. The van der Waals surface area contributed by atoms with Gasteiger partial charge in [-0.2, -0.15) is 0 Å². The average Bonchev–Trinajstić information content (AvgIpc) is 2.89. The van der Waals surface area contributed by atoms with Crippen LogP contribution in [-0.2, 0) is 23.9 Å². The number of phenolic OH excluding ortho intramolecular Hbond substituents is 1. The van der Waals surface area contributed by atoms with Crippen LogP contribution in [-0.4, -0.2) is 55.6 Å². The smallest absolute Gasteiger partial charge is 0.306 e. The predicted octanol–water partition coefficient (Wildman–Crippen LogP) is 2.87. The fourth-order valence-corrected chi connectivity index (χ4v) is 7.09. The molecule has 0 aliphatic heterocycles. The summed E-state index contributed by atoms with van der Waals surface area (Å²) in [4.78, 5) is 51.9. The average molecular weight is 540 g/mol. The second-order valence-electron chi connectivity index (χ2n) is 11.2. The van der Waals surface area contributed by atoms with Gasteiger partial charge in [-0.05, 0) is 29.9 Å². The van der Waals surface area contributed by atoms with Crippen molar-refractivity contribution < 1.29 is 44.3 Å². The molecule has 208 valence electrons. The van der Waals surface area contributed by atoms with Crippen LogP contribution in [0.1, 0.15) is 75.3 Å². The van der Waals surface area contributed by atoms with Gasteiger partial charge in [0.1, 0.15) is 28.9 Å². The van der Waals surface area contributed by atoms with Crippen LogP contribution in [0.25, 0.3) is 5.76 Å². The van der Waals surface area contributed by atoms with Crippen LogP contribution in [0.4, 0.5) is 0 Å². The van der Waals surface area contributed by atoms with Gasteiger partial charge in [0.05, 0.1) is 5.56 Å². The van der Waals surface area contributed by atoms with E-state index in [4.69, 9.17) is 10.5 Å². The number of ketones is 2. The zero-order valence-electron chi connectivity index (χ0n) is 21.7. The second-order valence-corrected chi connectivity index (χ2v) is 11.2. The van der Waals surface area contributed by atoms with Crippen molar-refractivity contribution >= 4 is 29.2 Å². The number of rotatable bonds is 5.